The monoisotopic (exact) mass is 345 g/mol. The lowest BCUT2D eigenvalue weighted by atomic mass is 9.98. The van der Waals surface area contributed by atoms with Crippen LogP contribution in [0.5, 0.6) is 0 Å². The number of thiophene rings is 1. The molecule has 0 fully saturated rings. The van der Waals surface area contributed by atoms with E-state index in [9.17, 15) is 0 Å². The van der Waals surface area contributed by atoms with Crippen LogP contribution in [-0.2, 0) is 6.42 Å². The summed E-state index contributed by atoms with van der Waals surface area (Å²) in [5.41, 5.74) is 1.40. The van der Waals surface area contributed by atoms with Gasteiger partial charge in [0.1, 0.15) is 0 Å². The van der Waals surface area contributed by atoms with Crippen molar-refractivity contribution in [2.24, 2.45) is 0 Å². The first-order valence-electron chi connectivity index (χ1n) is 6.66. The molecule has 20 heavy (non-hydrogen) atoms. The molecule has 3 aromatic rings. The SMILES string of the molecule is CNC(Cc1cccc2ccccc12)c1cc(Br)cs1. The molecule has 1 nitrogen and oxygen atoms in total. The van der Waals surface area contributed by atoms with Crippen LogP contribution in [0.1, 0.15) is 16.5 Å². The third kappa shape index (κ3) is 2.80. The summed E-state index contributed by atoms with van der Waals surface area (Å²) in [4.78, 5) is 1.37. The molecule has 0 aliphatic heterocycles. The summed E-state index contributed by atoms with van der Waals surface area (Å²) in [7, 11) is 2.03. The summed E-state index contributed by atoms with van der Waals surface area (Å²) < 4.78 is 1.16. The van der Waals surface area contributed by atoms with Gasteiger partial charge in [-0.3, -0.25) is 0 Å². The van der Waals surface area contributed by atoms with Crippen molar-refractivity contribution in [2.75, 3.05) is 7.05 Å². The summed E-state index contributed by atoms with van der Waals surface area (Å²) in [6.07, 6.45) is 1.00. The van der Waals surface area contributed by atoms with E-state index in [-0.39, 0.29) is 0 Å². The third-order valence-electron chi connectivity index (χ3n) is 3.58. The van der Waals surface area contributed by atoms with Gasteiger partial charge in [0.15, 0.2) is 0 Å². The molecule has 1 unspecified atom stereocenters. The van der Waals surface area contributed by atoms with E-state index in [1.807, 2.05) is 7.05 Å². The minimum absolute atomic E-state index is 0.358. The molecule has 0 spiro atoms. The van der Waals surface area contributed by atoms with Crippen LogP contribution in [0.2, 0.25) is 0 Å². The normalized spacial score (nSPS) is 12.7. The highest BCUT2D eigenvalue weighted by atomic mass is 79.9. The van der Waals surface area contributed by atoms with Crippen molar-refractivity contribution in [2.45, 2.75) is 12.5 Å². The Balaban J connectivity index is 1.95. The Morgan fingerprint density at radius 2 is 1.95 bits per heavy atom. The van der Waals surface area contributed by atoms with Crippen LogP contribution in [-0.4, -0.2) is 7.05 Å². The number of halogens is 1. The van der Waals surface area contributed by atoms with Crippen molar-refractivity contribution in [3.8, 4) is 0 Å². The molecule has 0 aliphatic rings. The lowest BCUT2D eigenvalue weighted by Gasteiger charge is -2.16. The molecule has 3 rings (SSSR count). The molecule has 102 valence electrons. The maximum atomic E-state index is 3.54. The van der Waals surface area contributed by atoms with E-state index in [1.54, 1.807) is 11.3 Å². The number of nitrogens with one attached hydrogen (secondary N) is 1. The van der Waals surface area contributed by atoms with Gasteiger partial charge >= 0.3 is 0 Å². The van der Waals surface area contributed by atoms with Crippen LogP contribution in [0.4, 0.5) is 0 Å². The fraction of sp³-hybridized carbons (Fsp3) is 0.176. The average Bonchev–Trinajstić information content (AvgIpc) is 2.91. The quantitative estimate of drug-likeness (QED) is 0.687. The van der Waals surface area contributed by atoms with Crippen molar-refractivity contribution < 1.29 is 0 Å². The smallest absolute Gasteiger partial charge is 0.0453 e. The maximum Gasteiger partial charge on any atom is 0.0453 e. The third-order valence-corrected chi connectivity index (χ3v) is 5.39. The van der Waals surface area contributed by atoms with Gasteiger partial charge in [0.2, 0.25) is 0 Å². The lowest BCUT2D eigenvalue weighted by molar-refractivity contribution is 0.604. The van der Waals surface area contributed by atoms with Crippen LogP contribution < -0.4 is 5.32 Å². The van der Waals surface area contributed by atoms with Crippen molar-refractivity contribution >= 4 is 38.0 Å². The number of fused-ring (bicyclic) bond motifs is 1. The number of likely N-dealkylation sites (N-methyl/N-ethyl adjacent to an activating group) is 1. The van der Waals surface area contributed by atoms with Crippen LogP contribution >= 0.6 is 27.3 Å². The Bertz CT molecular complexity index is 714. The zero-order valence-electron chi connectivity index (χ0n) is 11.3. The highest BCUT2D eigenvalue weighted by Gasteiger charge is 2.13. The van der Waals surface area contributed by atoms with Gasteiger partial charge in [0.25, 0.3) is 0 Å². The Morgan fingerprint density at radius 1 is 1.15 bits per heavy atom. The van der Waals surface area contributed by atoms with E-state index in [0.29, 0.717) is 6.04 Å². The van der Waals surface area contributed by atoms with Gasteiger partial charge < -0.3 is 5.32 Å². The zero-order chi connectivity index (χ0) is 13.9. The molecular weight excluding hydrogens is 330 g/mol. The van der Waals surface area contributed by atoms with Gasteiger partial charge in [0.05, 0.1) is 0 Å². The predicted octanol–water partition coefficient (Wildman–Crippen LogP) is 5.17. The highest BCUT2D eigenvalue weighted by Crippen LogP contribution is 2.29. The van der Waals surface area contributed by atoms with Crippen LogP contribution in [0.15, 0.2) is 58.4 Å². The van der Waals surface area contributed by atoms with E-state index in [2.05, 4.69) is 75.2 Å². The summed E-state index contributed by atoms with van der Waals surface area (Å²) >= 11 is 5.33. The molecule has 1 N–H and O–H groups in total. The number of rotatable bonds is 4. The van der Waals surface area contributed by atoms with E-state index < -0.39 is 0 Å². The summed E-state index contributed by atoms with van der Waals surface area (Å²) in [5, 5.41) is 8.24. The van der Waals surface area contributed by atoms with E-state index >= 15 is 0 Å². The van der Waals surface area contributed by atoms with Gasteiger partial charge in [-0.2, -0.15) is 0 Å². The van der Waals surface area contributed by atoms with Gasteiger partial charge in [-0.25, -0.2) is 0 Å². The number of benzene rings is 2. The van der Waals surface area contributed by atoms with Gasteiger partial charge in [-0.1, -0.05) is 42.5 Å². The van der Waals surface area contributed by atoms with Crippen molar-refractivity contribution in [3.05, 3.63) is 68.8 Å². The molecule has 0 bridgehead atoms. The second-order valence-electron chi connectivity index (χ2n) is 4.85. The minimum atomic E-state index is 0.358. The van der Waals surface area contributed by atoms with E-state index in [4.69, 9.17) is 0 Å². The summed E-state index contributed by atoms with van der Waals surface area (Å²) in [5.74, 6) is 0. The first-order valence-corrected chi connectivity index (χ1v) is 8.33. The molecule has 1 aromatic heterocycles. The van der Waals surface area contributed by atoms with Crippen LogP contribution in [0.3, 0.4) is 0 Å². The Kier molecular flexibility index (Phi) is 4.20. The molecule has 0 saturated heterocycles. The number of hydrogen-bond donors (Lipinski definition) is 1. The average molecular weight is 346 g/mol. The van der Waals surface area contributed by atoms with Crippen molar-refractivity contribution in [1.82, 2.24) is 5.32 Å². The first-order chi connectivity index (χ1) is 9.78. The molecule has 0 saturated carbocycles. The highest BCUT2D eigenvalue weighted by molar-refractivity contribution is 9.10. The zero-order valence-corrected chi connectivity index (χ0v) is 13.7. The Labute approximate surface area is 131 Å². The predicted molar refractivity (Wildman–Crippen MR) is 91.5 cm³/mol. The lowest BCUT2D eigenvalue weighted by Crippen LogP contribution is -2.17. The molecular formula is C17H16BrNS. The molecule has 0 amide bonds. The fourth-order valence-corrected chi connectivity index (χ4v) is 4.10. The molecule has 0 radical (unpaired) electrons. The van der Waals surface area contributed by atoms with Gasteiger partial charge in [-0.05, 0) is 51.8 Å². The number of hydrogen-bond acceptors (Lipinski definition) is 2. The Hall–Kier alpha value is -1.16. The second-order valence-corrected chi connectivity index (χ2v) is 6.71. The van der Waals surface area contributed by atoms with Crippen molar-refractivity contribution in [3.63, 3.8) is 0 Å². The topological polar surface area (TPSA) is 12.0 Å². The summed E-state index contributed by atoms with van der Waals surface area (Å²) in [6.45, 7) is 0. The van der Waals surface area contributed by atoms with Crippen LogP contribution in [0, 0.1) is 0 Å². The molecule has 1 atom stereocenters. The van der Waals surface area contributed by atoms with Crippen molar-refractivity contribution in [1.29, 1.82) is 0 Å². The molecule has 3 heteroatoms. The Morgan fingerprint density at radius 3 is 2.70 bits per heavy atom. The maximum absolute atomic E-state index is 3.54. The van der Waals surface area contributed by atoms with Gasteiger partial charge in [-0.15, -0.1) is 11.3 Å². The first kappa shape index (κ1) is 13.8. The summed E-state index contributed by atoms with van der Waals surface area (Å²) in [6, 6.07) is 17.7. The molecule has 1 heterocycles. The minimum Gasteiger partial charge on any atom is -0.312 e. The second kappa shape index (κ2) is 6.08. The van der Waals surface area contributed by atoms with Crippen LogP contribution in [0.25, 0.3) is 10.8 Å². The van der Waals surface area contributed by atoms with Gasteiger partial charge in [0, 0.05) is 20.8 Å². The largest absolute Gasteiger partial charge is 0.312 e. The van der Waals surface area contributed by atoms with E-state index in [0.717, 1.165) is 10.9 Å². The fourth-order valence-electron chi connectivity index (χ4n) is 2.55. The van der Waals surface area contributed by atoms with E-state index in [1.165, 1.54) is 21.2 Å². The molecule has 2 aromatic carbocycles. The standard InChI is InChI=1S/C17H16BrNS/c1-19-16(17-10-14(18)11-20-17)9-13-7-4-6-12-5-2-3-8-15(12)13/h2-8,10-11,16,19H,9H2,1H3. The molecule has 0 aliphatic carbocycles.